The van der Waals surface area contributed by atoms with Crippen molar-refractivity contribution < 1.29 is 19.8 Å². The number of carboxylic acids is 1. The van der Waals surface area contributed by atoms with Crippen molar-refractivity contribution in [2.75, 3.05) is 0 Å². The molecule has 22 heavy (non-hydrogen) atoms. The van der Waals surface area contributed by atoms with E-state index in [-0.39, 0.29) is 12.0 Å². The first-order chi connectivity index (χ1) is 10.4. The predicted octanol–water partition coefficient (Wildman–Crippen LogP) is -0.584. The van der Waals surface area contributed by atoms with Crippen LogP contribution in [-0.2, 0) is 16.0 Å². The number of carbonyl (C=O) groups excluding carboxylic acids is 1. The van der Waals surface area contributed by atoms with Crippen LogP contribution in [0.3, 0.4) is 0 Å². The molecule has 2 atom stereocenters. The average Bonchev–Trinajstić information content (AvgIpc) is 2.47. The van der Waals surface area contributed by atoms with Crippen LogP contribution in [-0.4, -0.2) is 44.4 Å². The second-order valence-electron chi connectivity index (χ2n) is 4.85. The Balaban J connectivity index is 2.24. The number of H-pyrrole nitrogens is 1. The van der Waals surface area contributed by atoms with E-state index in [1.165, 1.54) is 6.92 Å². The maximum absolute atomic E-state index is 11.9. The van der Waals surface area contributed by atoms with Gasteiger partial charge in [-0.05, 0) is 13.0 Å². The molecule has 0 saturated carbocycles. The van der Waals surface area contributed by atoms with Crippen molar-refractivity contribution in [2.45, 2.75) is 25.5 Å². The van der Waals surface area contributed by atoms with Crippen LogP contribution in [0.25, 0.3) is 10.8 Å². The first-order valence-electron chi connectivity index (χ1n) is 6.56. The molecule has 1 aromatic carbocycles. The third kappa shape index (κ3) is 3.29. The number of nitrogens with one attached hydrogen (secondary N) is 2. The number of amides is 1. The Kier molecular flexibility index (Phi) is 4.52. The van der Waals surface area contributed by atoms with Crippen LogP contribution in [0.4, 0.5) is 0 Å². The topological polar surface area (TPSA) is 132 Å². The summed E-state index contributed by atoms with van der Waals surface area (Å²) in [6.07, 6.45) is -1.45. The summed E-state index contributed by atoms with van der Waals surface area (Å²) in [6.45, 7) is 1.27. The molecule has 1 amide bonds. The van der Waals surface area contributed by atoms with E-state index in [1.807, 2.05) is 0 Å². The van der Waals surface area contributed by atoms with Crippen LogP contribution >= 0.6 is 0 Å². The van der Waals surface area contributed by atoms with Crippen LogP contribution in [0.2, 0.25) is 0 Å². The van der Waals surface area contributed by atoms with E-state index in [9.17, 15) is 19.5 Å². The van der Waals surface area contributed by atoms with Gasteiger partial charge in [-0.3, -0.25) is 9.59 Å². The fourth-order valence-electron chi connectivity index (χ4n) is 2.07. The molecule has 8 nitrogen and oxygen atoms in total. The summed E-state index contributed by atoms with van der Waals surface area (Å²) in [5, 5.41) is 27.5. The zero-order valence-electron chi connectivity index (χ0n) is 11.7. The normalized spacial score (nSPS) is 13.5. The van der Waals surface area contributed by atoms with Crippen molar-refractivity contribution in [3.8, 4) is 0 Å². The van der Waals surface area contributed by atoms with Gasteiger partial charge in [-0.15, -0.1) is 0 Å². The second-order valence-corrected chi connectivity index (χ2v) is 4.85. The van der Waals surface area contributed by atoms with Gasteiger partial charge in [0.15, 0.2) is 6.04 Å². The number of nitrogens with zero attached hydrogens (tertiary/aromatic N) is 1. The molecule has 0 spiro atoms. The monoisotopic (exact) mass is 305 g/mol. The molecule has 0 aliphatic heterocycles. The van der Waals surface area contributed by atoms with Crippen LogP contribution in [0.1, 0.15) is 12.6 Å². The lowest BCUT2D eigenvalue weighted by Crippen LogP contribution is -2.48. The molecular weight excluding hydrogens is 290 g/mol. The first-order valence-corrected chi connectivity index (χ1v) is 6.56. The molecule has 1 heterocycles. The van der Waals surface area contributed by atoms with Crippen molar-refractivity contribution in [2.24, 2.45) is 0 Å². The minimum absolute atomic E-state index is 0.214. The molecule has 1 aromatic heterocycles. The number of aliphatic carboxylic acids is 1. The lowest BCUT2D eigenvalue weighted by atomic mass is 10.1. The van der Waals surface area contributed by atoms with Gasteiger partial charge in [0.1, 0.15) is 0 Å². The van der Waals surface area contributed by atoms with E-state index in [0.29, 0.717) is 16.5 Å². The number of aromatic nitrogens is 2. The van der Waals surface area contributed by atoms with E-state index in [0.717, 1.165) is 0 Å². The Hall–Kier alpha value is -2.74. The molecule has 4 N–H and O–H groups in total. The van der Waals surface area contributed by atoms with Gasteiger partial charge in [-0.2, -0.15) is 5.10 Å². The van der Waals surface area contributed by atoms with Gasteiger partial charge in [-0.25, -0.2) is 9.89 Å². The number of aliphatic hydroxyl groups is 1. The molecule has 0 radical (unpaired) electrons. The average molecular weight is 305 g/mol. The standard InChI is InChI=1S/C14H15N3O5/c1-7(18)12(14(21)22)15-11(19)6-10-8-4-2-3-5-9(8)13(20)17-16-10/h2-5,7,12,18H,6H2,1H3,(H,15,19)(H,17,20)(H,21,22)/t7-,12+/m1/s1. The van der Waals surface area contributed by atoms with Gasteiger partial charge < -0.3 is 15.5 Å². The molecule has 0 bridgehead atoms. The number of rotatable bonds is 5. The number of benzene rings is 1. The molecule has 116 valence electrons. The molecule has 0 unspecified atom stereocenters. The largest absolute Gasteiger partial charge is 0.480 e. The summed E-state index contributed by atoms with van der Waals surface area (Å²) in [4.78, 5) is 34.5. The number of hydrogen-bond donors (Lipinski definition) is 4. The van der Waals surface area contributed by atoms with E-state index in [4.69, 9.17) is 5.11 Å². The van der Waals surface area contributed by atoms with E-state index >= 15 is 0 Å². The van der Waals surface area contributed by atoms with Gasteiger partial charge in [0.2, 0.25) is 5.91 Å². The van der Waals surface area contributed by atoms with E-state index in [1.54, 1.807) is 24.3 Å². The lowest BCUT2D eigenvalue weighted by molar-refractivity contribution is -0.144. The maximum atomic E-state index is 11.9. The quantitative estimate of drug-likeness (QED) is 0.584. The molecular formula is C14H15N3O5. The number of hydrogen-bond acceptors (Lipinski definition) is 5. The van der Waals surface area contributed by atoms with Crippen LogP contribution in [0.15, 0.2) is 29.1 Å². The van der Waals surface area contributed by atoms with Crippen molar-refractivity contribution in [1.82, 2.24) is 15.5 Å². The minimum atomic E-state index is -1.40. The molecule has 0 aliphatic rings. The number of aromatic amines is 1. The molecule has 0 saturated heterocycles. The van der Waals surface area contributed by atoms with Gasteiger partial charge >= 0.3 is 5.97 Å². The van der Waals surface area contributed by atoms with Crippen LogP contribution in [0.5, 0.6) is 0 Å². The van der Waals surface area contributed by atoms with Crippen molar-refractivity contribution in [3.63, 3.8) is 0 Å². The molecule has 0 fully saturated rings. The second kappa shape index (κ2) is 6.35. The summed E-state index contributed by atoms with van der Waals surface area (Å²) >= 11 is 0. The summed E-state index contributed by atoms with van der Waals surface area (Å²) < 4.78 is 0. The van der Waals surface area contributed by atoms with Crippen molar-refractivity contribution in [1.29, 1.82) is 0 Å². The highest BCUT2D eigenvalue weighted by Gasteiger charge is 2.25. The highest BCUT2D eigenvalue weighted by atomic mass is 16.4. The number of fused-ring (bicyclic) bond motifs is 1. The molecule has 2 rings (SSSR count). The Morgan fingerprint density at radius 1 is 1.32 bits per heavy atom. The van der Waals surface area contributed by atoms with Crippen molar-refractivity contribution in [3.05, 3.63) is 40.3 Å². The number of carbonyl (C=O) groups is 2. The zero-order valence-corrected chi connectivity index (χ0v) is 11.7. The Morgan fingerprint density at radius 3 is 2.55 bits per heavy atom. The van der Waals surface area contributed by atoms with E-state index < -0.39 is 24.0 Å². The van der Waals surface area contributed by atoms with Gasteiger partial charge in [0.25, 0.3) is 5.56 Å². The molecule has 0 aliphatic carbocycles. The van der Waals surface area contributed by atoms with Crippen LogP contribution in [0, 0.1) is 0 Å². The maximum Gasteiger partial charge on any atom is 0.328 e. The molecule has 2 aromatic rings. The first kappa shape index (κ1) is 15.6. The number of carboxylic acid groups (broad SMARTS) is 1. The summed E-state index contributed by atoms with van der Waals surface area (Å²) in [6, 6.07) is 5.26. The lowest BCUT2D eigenvalue weighted by Gasteiger charge is -2.17. The minimum Gasteiger partial charge on any atom is -0.480 e. The highest BCUT2D eigenvalue weighted by Crippen LogP contribution is 2.12. The third-order valence-corrected chi connectivity index (χ3v) is 3.17. The summed E-state index contributed by atoms with van der Waals surface area (Å²) in [5.74, 6) is -1.94. The smallest absolute Gasteiger partial charge is 0.328 e. The fourth-order valence-corrected chi connectivity index (χ4v) is 2.07. The SMILES string of the molecule is C[C@@H](O)[C@H](NC(=O)Cc1n[nH]c(=O)c2ccccc12)C(=O)O. The highest BCUT2D eigenvalue weighted by molar-refractivity contribution is 5.90. The predicted molar refractivity (Wildman–Crippen MR) is 77.3 cm³/mol. The molecule has 8 heteroatoms. The Bertz CT molecular complexity index is 768. The number of aliphatic hydroxyl groups excluding tert-OH is 1. The Morgan fingerprint density at radius 2 is 1.95 bits per heavy atom. The van der Waals surface area contributed by atoms with Crippen LogP contribution < -0.4 is 10.9 Å². The fraction of sp³-hybridized carbons (Fsp3) is 0.286. The van der Waals surface area contributed by atoms with Gasteiger partial charge in [0, 0.05) is 5.39 Å². The summed E-state index contributed by atoms with van der Waals surface area (Å²) in [7, 11) is 0. The van der Waals surface area contributed by atoms with Gasteiger partial charge in [-0.1, -0.05) is 18.2 Å². The summed E-state index contributed by atoms with van der Waals surface area (Å²) in [5.41, 5.74) is -0.0467. The third-order valence-electron chi connectivity index (χ3n) is 3.17. The Labute approximate surface area is 124 Å². The van der Waals surface area contributed by atoms with E-state index in [2.05, 4.69) is 15.5 Å². The zero-order chi connectivity index (χ0) is 16.3. The van der Waals surface area contributed by atoms with Gasteiger partial charge in [0.05, 0.1) is 23.6 Å². The van der Waals surface area contributed by atoms with Crippen molar-refractivity contribution >= 4 is 22.6 Å².